The van der Waals surface area contributed by atoms with Crippen molar-refractivity contribution in [3.05, 3.63) is 63.8 Å². The Morgan fingerprint density at radius 2 is 2.08 bits per heavy atom. The van der Waals surface area contributed by atoms with Crippen LogP contribution in [0.1, 0.15) is 21.6 Å². The number of hydrogen-bond donors (Lipinski definition) is 3. The third-order valence-electron chi connectivity index (χ3n) is 5.57. The van der Waals surface area contributed by atoms with E-state index in [1.54, 1.807) is 24.3 Å². The summed E-state index contributed by atoms with van der Waals surface area (Å²) in [5.41, 5.74) is 6.64. The Hall–Kier alpha value is -4.17. The van der Waals surface area contributed by atoms with Crippen molar-refractivity contribution < 1.29 is 33.9 Å². The highest BCUT2D eigenvalue weighted by atomic mass is 32.2. The number of amides is 2. The second kappa shape index (κ2) is 9.13. The van der Waals surface area contributed by atoms with Crippen LogP contribution in [0.4, 0.5) is 5.13 Å². The lowest BCUT2D eigenvalue weighted by Crippen LogP contribution is -2.71. The van der Waals surface area contributed by atoms with Crippen LogP contribution in [0, 0.1) is 0 Å². The van der Waals surface area contributed by atoms with Crippen molar-refractivity contribution in [2.75, 3.05) is 18.6 Å². The predicted molar refractivity (Wildman–Crippen MR) is 130 cm³/mol. The van der Waals surface area contributed by atoms with Gasteiger partial charge in [0, 0.05) is 16.7 Å². The van der Waals surface area contributed by atoms with Crippen LogP contribution in [0.15, 0.2) is 52.1 Å². The Balaban J connectivity index is 1.40. The molecule has 5 rings (SSSR count). The molecule has 0 aliphatic carbocycles. The molecule has 1 fully saturated rings. The molecule has 0 bridgehead atoms. The van der Waals surface area contributed by atoms with Gasteiger partial charge in [-0.1, -0.05) is 23.4 Å². The first kappa shape index (κ1) is 23.6. The summed E-state index contributed by atoms with van der Waals surface area (Å²) in [5, 5.41) is 17.3. The Morgan fingerprint density at radius 3 is 2.75 bits per heavy atom. The summed E-state index contributed by atoms with van der Waals surface area (Å²) in [6, 6.07) is 5.76. The molecule has 2 atom stereocenters. The first-order valence-electron chi connectivity index (χ1n) is 10.4. The van der Waals surface area contributed by atoms with E-state index in [2.05, 4.69) is 15.5 Å². The molecular weight excluding hydrogens is 510 g/mol. The standard InChI is InChI=1S/C22H17N5O7S2/c1-33-26-14(12-8-36-22(23)24-12)17(28)25-15-18(29)27-16(20(30)31)9(7-35-19(15)27)6-13-10-4-2-3-5-11(10)21(32)34-13/h2-6,8,15,19H,7H2,1H3,(H2,23,24)(H,25,28)(H,30,31)/t15-,19+/m1/s1. The number of carboxylic acid groups (broad SMARTS) is 1. The van der Waals surface area contributed by atoms with Crippen molar-refractivity contribution in [3.8, 4) is 0 Å². The normalized spacial score (nSPS) is 22.1. The number of nitrogens with one attached hydrogen (secondary N) is 1. The monoisotopic (exact) mass is 527 g/mol. The Morgan fingerprint density at radius 1 is 1.33 bits per heavy atom. The van der Waals surface area contributed by atoms with E-state index in [0.717, 1.165) is 16.2 Å². The number of allylic oxidation sites excluding steroid dienone is 1. The molecule has 1 saturated heterocycles. The van der Waals surface area contributed by atoms with Crippen molar-refractivity contribution in [2.45, 2.75) is 11.4 Å². The van der Waals surface area contributed by atoms with Gasteiger partial charge in [0.15, 0.2) is 10.8 Å². The van der Waals surface area contributed by atoms with Crippen molar-refractivity contribution in [1.29, 1.82) is 0 Å². The smallest absolute Gasteiger partial charge is 0.352 e. The van der Waals surface area contributed by atoms with E-state index in [1.165, 1.54) is 30.3 Å². The molecule has 3 aliphatic rings. The minimum atomic E-state index is -1.32. The molecule has 2 amide bonds. The van der Waals surface area contributed by atoms with Gasteiger partial charge < -0.3 is 25.7 Å². The number of aliphatic carboxylic acids is 1. The number of nitrogen functional groups attached to an aromatic ring is 1. The molecule has 1 aromatic carbocycles. The van der Waals surface area contributed by atoms with Crippen LogP contribution in [0.5, 0.6) is 0 Å². The van der Waals surface area contributed by atoms with Gasteiger partial charge in [-0.2, -0.15) is 0 Å². The first-order chi connectivity index (χ1) is 17.3. The highest BCUT2D eigenvalue weighted by Gasteiger charge is 2.54. The Labute approximate surface area is 211 Å². The second-order valence-corrected chi connectivity index (χ2v) is 9.67. The predicted octanol–water partition coefficient (Wildman–Crippen LogP) is 1.03. The number of thioether (sulfide) groups is 1. The lowest BCUT2D eigenvalue weighted by atomic mass is 10.0. The highest BCUT2D eigenvalue weighted by Crippen LogP contribution is 2.42. The zero-order valence-electron chi connectivity index (χ0n) is 18.5. The van der Waals surface area contributed by atoms with Crippen LogP contribution in [0.3, 0.4) is 0 Å². The number of oxime groups is 1. The summed E-state index contributed by atoms with van der Waals surface area (Å²) >= 11 is 2.37. The number of benzene rings is 1. The molecule has 12 nitrogen and oxygen atoms in total. The number of esters is 1. The molecule has 1 aromatic heterocycles. The molecular formula is C22H17N5O7S2. The Kier molecular flexibility index (Phi) is 5.97. The van der Waals surface area contributed by atoms with Crippen molar-refractivity contribution in [1.82, 2.24) is 15.2 Å². The molecule has 184 valence electrons. The van der Waals surface area contributed by atoms with Crippen LogP contribution in [0.25, 0.3) is 5.76 Å². The molecule has 0 unspecified atom stereocenters. The first-order valence-corrected chi connectivity index (χ1v) is 12.3. The number of carboxylic acids is 1. The summed E-state index contributed by atoms with van der Waals surface area (Å²) in [4.78, 5) is 60.0. The van der Waals surface area contributed by atoms with Crippen molar-refractivity contribution in [2.24, 2.45) is 5.16 Å². The lowest BCUT2D eigenvalue weighted by Gasteiger charge is -2.49. The quantitative estimate of drug-likeness (QED) is 0.213. The molecule has 0 saturated carbocycles. The van der Waals surface area contributed by atoms with E-state index in [0.29, 0.717) is 16.7 Å². The number of hydrogen-bond acceptors (Lipinski definition) is 11. The van der Waals surface area contributed by atoms with Crippen molar-refractivity contribution in [3.63, 3.8) is 0 Å². The number of nitrogens with two attached hydrogens (primary N) is 1. The van der Waals surface area contributed by atoms with Crippen LogP contribution in [-0.2, 0) is 24.0 Å². The maximum atomic E-state index is 13.0. The summed E-state index contributed by atoms with van der Waals surface area (Å²) in [6.07, 6.45) is 1.46. The highest BCUT2D eigenvalue weighted by molar-refractivity contribution is 8.00. The average molecular weight is 528 g/mol. The third kappa shape index (κ3) is 3.89. The zero-order valence-corrected chi connectivity index (χ0v) is 20.1. The summed E-state index contributed by atoms with van der Waals surface area (Å²) in [5.74, 6) is -2.76. The van der Waals surface area contributed by atoms with Gasteiger partial charge in [0.2, 0.25) is 0 Å². The minimum absolute atomic E-state index is 0.168. The number of fused-ring (bicyclic) bond motifs is 2. The molecule has 4 heterocycles. The number of β-lactam (4-membered cyclic amide) rings is 1. The van der Waals surface area contributed by atoms with Gasteiger partial charge >= 0.3 is 11.9 Å². The maximum Gasteiger partial charge on any atom is 0.352 e. The van der Waals surface area contributed by atoms with Crippen LogP contribution >= 0.6 is 23.1 Å². The molecule has 3 aliphatic heterocycles. The summed E-state index contributed by atoms with van der Waals surface area (Å²) < 4.78 is 5.32. The number of carbonyl (C=O) groups is 4. The molecule has 36 heavy (non-hydrogen) atoms. The summed E-state index contributed by atoms with van der Waals surface area (Å²) in [6.45, 7) is 0. The van der Waals surface area contributed by atoms with E-state index >= 15 is 0 Å². The second-order valence-electron chi connectivity index (χ2n) is 7.68. The van der Waals surface area contributed by atoms with Gasteiger partial charge in [-0.25, -0.2) is 14.6 Å². The average Bonchev–Trinajstić information content (AvgIpc) is 3.43. The number of anilines is 1. The topological polar surface area (TPSA) is 174 Å². The molecule has 14 heteroatoms. The number of ether oxygens (including phenoxy) is 1. The van der Waals surface area contributed by atoms with Gasteiger partial charge in [-0.3, -0.25) is 14.5 Å². The summed E-state index contributed by atoms with van der Waals surface area (Å²) in [7, 11) is 1.26. The SMILES string of the molecule is CON=C(C(=O)N[C@@H]1C(=O)N2C(C(=O)O)=C(C=C3OC(=O)c4ccccc43)CS[C@@H]12)c1csc(N)n1. The zero-order chi connectivity index (χ0) is 25.6. The van der Waals surface area contributed by atoms with Crippen LogP contribution in [0.2, 0.25) is 0 Å². The Bertz CT molecular complexity index is 1410. The number of carbonyl (C=O) groups excluding carboxylic acids is 3. The number of aromatic nitrogens is 1. The van der Waals surface area contributed by atoms with E-state index in [-0.39, 0.29) is 33.7 Å². The van der Waals surface area contributed by atoms with Crippen LogP contribution < -0.4 is 11.1 Å². The van der Waals surface area contributed by atoms with Gasteiger partial charge in [-0.15, -0.1) is 23.1 Å². The fourth-order valence-corrected chi connectivity index (χ4v) is 5.86. The number of thiazole rings is 1. The largest absolute Gasteiger partial charge is 0.477 e. The number of cyclic esters (lactones) is 1. The lowest BCUT2D eigenvalue weighted by molar-refractivity contribution is -0.150. The molecule has 0 radical (unpaired) electrons. The van der Waals surface area contributed by atoms with Gasteiger partial charge in [0.1, 0.15) is 35.7 Å². The van der Waals surface area contributed by atoms with Crippen molar-refractivity contribution >= 4 is 63.5 Å². The number of nitrogens with zero attached hydrogens (tertiary/aromatic N) is 3. The number of rotatable bonds is 6. The molecule has 2 aromatic rings. The van der Waals surface area contributed by atoms with E-state index in [1.807, 2.05) is 0 Å². The minimum Gasteiger partial charge on any atom is -0.477 e. The van der Waals surface area contributed by atoms with E-state index < -0.39 is 35.2 Å². The fraction of sp³-hybridized carbons (Fsp3) is 0.182. The third-order valence-corrected chi connectivity index (χ3v) is 7.55. The fourth-order valence-electron chi connectivity index (χ4n) is 4.01. The van der Waals surface area contributed by atoms with E-state index in [9.17, 15) is 24.3 Å². The maximum absolute atomic E-state index is 13.0. The van der Waals surface area contributed by atoms with Crippen LogP contribution in [-0.4, -0.2) is 68.7 Å². The molecule has 0 spiro atoms. The van der Waals surface area contributed by atoms with Gasteiger partial charge in [-0.05, 0) is 17.7 Å². The van der Waals surface area contributed by atoms with E-state index in [4.69, 9.17) is 15.3 Å². The van der Waals surface area contributed by atoms with Gasteiger partial charge in [0.05, 0.1) is 5.56 Å². The molecule has 4 N–H and O–H groups in total. The van der Waals surface area contributed by atoms with Gasteiger partial charge in [0.25, 0.3) is 11.8 Å².